The van der Waals surface area contributed by atoms with Gasteiger partial charge in [0.1, 0.15) is 0 Å². The smallest absolute Gasteiger partial charge is 0.153 e. The van der Waals surface area contributed by atoms with E-state index in [1.54, 1.807) is 0 Å². The molecule has 102 valence electrons. The van der Waals surface area contributed by atoms with Crippen LogP contribution >= 0.6 is 0 Å². The molecule has 18 heavy (non-hydrogen) atoms. The Kier molecular flexibility index (Phi) is 5.64. The zero-order valence-corrected chi connectivity index (χ0v) is 11.4. The number of nitrogens with zero attached hydrogens (tertiary/aromatic N) is 4. The van der Waals surface area contributed by atoms with E-state index in [9.17, 15) is 0 Å². The standard InChI is InChI=1S/C12H23N5O/c1-4-6-16(9-12(13)15-18)8-11-5-7-17(14-11)10(2)3/h5,7,10,18H,4,6,8-9H2,1-3H3,(H2,13,15). The summed E-state index contributed by atoms with van der Waals surface area (Å²) in [5.41, 5.74) is 6.55. The van der Waals surface area contributed by atoms with Crippen LogP contribution in [0.5, 0.6) is 0 Å². The highest BCUT2D eigenvalue weighted by Gasteiger charge is 2.10. The van der Waals surface area contributed by atoms with Crippen LogP contribution in [0.4, 0.5) is 0 Å². The van der Waals surface area contributed by atoms with Gasteiger partial charge in [-0.3, -0.25) is 9.58 Å². The predicted molar refractivity (Wildman–Crippen MR) is 71.6 cm³/mol. The highest BCUT2D eigenvalue weighted by Crippen LogP contribution is 2.07. The number of aromatic nitrogens is 2. The van der Waals surface area contributed by atoms with Crippen molar-refractivity contribution in [2.45, 2.75) is 39.8 Å². The van der Waals surface area contributed by atoms with Crippen molar-refractivity contribution in [2.75, 3.05) is 13.1 Å². The van der Waals surface area contributed by atoms with Crippen LogP contribution in [0.3, 0.4) is 0 Å². The molecule has 0 spiro atoms. The molecule has 0 fully saturated rings. The van der Waals surface area contributed by atoms with Crippen molar-refractivity contribution in [1.29, 1.82) is 0 Å². The molecule has 0 saturated carbocycles. The van der Waals surface area contributed by atoms with Gasteiger partial charge in [0.05, 0.1) is 12.2 Å². The van der Waals surface area contributed by atoms with Crippen LogP contribution in [-0.2, 0) is 6.54 Å². The minimum atomic E-state index is 0.228. The van der Waals surface area contributed by atoms with Crippen molar-refractivity contribution in [1.82, 2.24) is 14.7 Å². The SMILES string of the molecule is CCCN(CC(N)=NO)Cc1ccn(C(C)C)n1. The van der Waals surface area contributed by atoms with E-state index in [1.165, 1.54) is 0 Å². The van der Waals surface area contributed by atoms with Crippen molar-refractivity contribution >= 4 is 5.84 Å². The lowest BCUT2D eigenvalue weighted by Gasteiger charge is -2.19. The van der Waals surface area contributed by atoms with Crippen LogP contribution < -0.4 is 5.73 Å². The van der Waals surface area contributed by atoms with Gasteiger partial charge in [-0.15, -0.1) is 0 Å². The largest absolute Gasteiger partial charge is 0.409 e. The Bertz CT molecular complexity index is 386. The van der Waals surface area contributed by atoms with E-state index in [-0.39, 0.29) is 5.84 Å². The summed E-state index contributed by atoms with van der Waals surface area (Å²) >= 11 is 0. The van der Waals surface area contributed by atoms with E-state index in [2.05, 4.69) is 35.9 Å². The van der Waals surface area contributed by atoms with Crippen LogP contribution in [0.25, 0.3) is 0 Å². The van der Waals surface area contributed by atoms with Crippen LogP contribution in [0, 0.1) is 0 Å². The lowest BCUT2D eigenvalue weighted by Crippen LogP contribution is -2.34. The van der Waals surface area contributed by atoms with Gasteiger partial charge in [-0.25, -0.2) is 0 Å². The molecule has 3 N–H and O–H groups in total. The number of rotatable bonds is 7. The second kappa shape index (κ2) is 7.00. The van der Waals surface area contributed by atoms with E-state index < -0.39 is 0 Å². The van der Waals surface area contributed by atoms with E-state index in [4.69, 9.17) is 10.9 Å². The first-order valence-electron chi connectivity index (χ1n) is 6.29. The fourth-order valence-corrected chi connectivity index (χ4v) is 1.77. The molecule has 0 aliphatic heterocycles. The van der Waals surface area contributed by atoms with Crippen LogP contribution in [0.1, 0.15) is 38.9 Å². The van der Waals surface area contributed by atoms with Gasteiger partial charge in [0.25, 0.3) is 0 Å². The molecule has 0 unspecified atom stereocenters. The van der Waals surface area contributed by atoms with E-state index >= 15 is 0 Å². The summed E-state index contributed by atoms with van der Waals surface area (Å²) in [5, 5.41) is 16.1. The fraction of sp³-hybridized carbons (Fsp3) is 0.667. The van der Waals surface area contributed by atoms with Crippen molar-refractivity contribution in [3.8, 4) is 0 Å². The van der Waals surface area contributed by atoms with Crippen molar-refractivity contribution in [2.24, 2.45) is 10.9 Å². The van der Waals surface area contributed by atoms with Crippen molar-refractivity contribution in [3.05, 3.63) is 18.0 Å². The molecule has 1 rings (SSSR count). The first-order chi connectivity index (χ1) is 8.56. The Balaban J connectivity index is 2.64. The summed E-state index contributed by atoms with van der Waals surface area (Å²) < 4.78 is 1.93. The zero-order chi connectivity index (χ0) is 13.5. The first kappa shape index (κ1) is 14.5. The molecule has 0 atom stereocenters. The second-order valence-corrected chi connectivity index (χ2v) is 4.68. The van der Waals surface area contributed by atoms with Gasteiger partial charge in [-0.05, 0) is 32.9 Å². The van der Waals surface area contributed by atoms with Crippen molar-refractivity contribution in [3.63, 3.8) is 0 Å². The lowest BCUT2D eigenvalue weighted by molar-refractivity contribution is 0.282. The Morgan fingerprint density at radius 2 is 2.33 bits per heavy atom. The Morgan fingerprint density at radius 3 is 2.83 bits per heavy atom. The number of amidine groups is 1. The van der Waals surface area contributed by atoms with Crippen LogP contribution in [-0.4, -0.2) is 38.8 Å². The molecule has 0 aliphatic carbocycles. The van der Waals surface area contributed by atoms with Gasteiger partial charge >= 0.3 is 0 Å². The first-order valence-corrected chi connectivity index (χ1v) is 6.29. The molecule has 0 aromatic carbocycles. The molecule has 0 bridgehead atoms. The summed E-state index contributed by atoms with van der Waals surface area (Å²) in [5.74, 6) is 0.228. The average molecular weight is 253 g/mol. The molecule has 1 aromatic rings. The minimum Gasteiger partial charge on any atom is -0.409 e. The highest BCUT2D eigenvalue weighted by atomic mass is 16.4. The third-order valence-corrected chi connectivity index (χ3v) is 2.63. The summed E-state index contributed by atoms with van der Waals surface area (Å²) in [6.45, 7) is 8.35. The van der Waals surface area contributed by atoms with Gasteiger partial charge in [-0.1, -0.05) is 12.1 Å². The third kappa shape index (κ3) is 4.37. The van der Waals surface area contributed by atoms with E-state index in [0.29, 0.717) is 19.1 Å². The summed E-state index contributed by atoms with van der Waals surface area (Å²) in [4.78, 5) is 2.11. The number of hydrogen-bond donors (Lipinski definition) is 2. The van der Waals surface area contributed by atoms with Crippen LogP contribution in [0.2, 0.25) is 0 Å². The van der Waals surface area contributed by atoms with Gasteiger partial charge in [0.15, 0.2) is 5.84 Å². The van der Waals surface area contributed by atoms with Gasteiger partial charge in [-0.2, -0.15) is 5.10 Å². The topological polar surface area (TPSA) is 79.7 Å². The van der Waals surface area contributed by atoms with Gasteiger partial charge in [0, 0.05) is 18.8 Å². The molecule has 6 heteroatoms. The summed E-state index contributed by atoms with van der Waals surface area (Å²) in [7, 11) is 0. The van der Waals surface area contributed by atoms with E-state index in [0.717, 1.165) is 18.7 Å². The molecule has 1 heterocycles. The van der Waals surface area contributed by atoms with Gasteiger partial charge in [0.2, 0.25) is 0 Å². The highest BCUT2D eigenvalue weighted by molar-refractivity contribution is 5.81. The zero-order valence-electron chi connectivity index (χ0n) is 11.4. The van der Waals surface area contributed by atoms with Crippen molar-refractivity contribution < 1.29 is 5.21 Å². The molecular formula is C12H23N5O. The van der Waals surface area contributed by atoms with Gasteiger partial charge < -0.3 is 10.9 Å². The quantitative estimate of drug-likeness (QED) is 0.333. The molecule has 6 nitrogen and oxygen atoms in total. The Hall–Kier alpha value is -1.56. The second-order valence-electron chi connectivity index (χ2n) is 4.68. The Morgan fingerprint density at radius 1 is 1.61 bits per heavy atom. The normalized spacial score (nSPS) is 12.6. The number of oxime groups is 1. The molecule has 0 saturated heterocycles. The fourth-order valence-electron chi connectivity index (χ4n) is 1.77. The molecule has 0 aliphatic rings. The molecule has 0 amide bonds. The minimum absolute atomic E-state index is 0.228. The third-order valence-electron chi connectivity index (χ3n) is 2.63. The maximum atomic E-state index is 8.61. The monoisotopic (exact) mass is 253 g/mol. The Labute approximate surface area is 108 Å². The van der Waals surface area contributed by atoms with Crippen LogP contribution in [0.15, 0.2) is 17.4 Å². The average Bonchev–Trinajstić information content (AvgIpc) is 2.77. The molecule has 1 aromatic heterocycles. The number of nitrogens with two attached hydrogens (primary N) is 1. The predicted octanol–water partition coefficient (Wildman–Crippen LogP) is 1.42. The number of hydrogen-bond acceptors (Lipinski definition) is 4. The maximum Gasteiger partial charge on any atom is 0.153 e. The molecular weight excluding hydrogens is 230 g/mol. The van der Waals surface area contributed by atoms with E-state index in [1.807, 2.05) is 16.9 Å². The summed E-state index contributed by atoms with van der Waals surface area (Å²) in [6, 6.07) is 2.37. The maximum absolute atomic E-state index is 8.61. The molecule has 0 radical (unpaired) electrons. The lowest BCUT2D eigenvalue weighted by atomic mass is 10.3. The summed E-state index contributed by atoms with van der Waals surface area (Å²) in [6.07, 6.45) is 3.00.